The number of hydrogen-bond donors (Lipinski definition) is 1. The van der Waals surface area contributed by atoms with E-state index in [1.165, 1.54) is 18.2 Å². The van der Waals surface area contributed by atoms with Gasteiger partial charge in [-0.05, 0) is 23.6 Å². The van der Waals surface area contributed by atoms with Crippen LogP contribution in [0.4, 0.5) is 13.2 Å². The van der Waals surface area contributed by atoms with Crippen LogP contribution in [0.5, 0.6) is 5.75 Å². The summed E-state index contributed by atoms with van der Waals surface area (Å²) < 4.78 is 42.6. The molecule has 0 fully saturated rings. The van der Waals surface area contributed by atoms with Crippen LogP contribution < -0.4 is 10.5 Å². The zero-order valence-corrected chi connectivity index (χ0v) is 11.0. The summed E-state index contributed by atoms with van der Waals surface area (Å²) >= 11 is 0. The minimum atomic E-state index is -4.43. The van der Waals surface area contributed by atoms with E-state index < -0.39 is 12.2 Å². The van der Waals surface area contributed by atoms with Gasteiger partial charge in [-0.25, -0.2) is 0 Å². The van der Waals surface area contributed by atoms with Gasteiger partial charge in [-0.2, -0.15) is 13.2 Å². The van der Waals surface area contributed by atoms with Gasteiger partial charge in [-0.1, -0.05) is 26.0 Å². The predicted octanol–water partition coefficient (Wildman–Crippen LogP) is 3.71. The second kappa shape index (κ2) is 6.85. The van der Waals surface area contributed by atoms with Gasteiger partial charge in [-0.15, -0.1) is 12.4 Å². The molecule has 0 spiro atoms. The maximum Gasteiger partial charge on any atom is 0.407 e. The topological polar surface area (TPSA) is 35.2 Å². The van der Waals surface area contributed by atoms with Crippen LogP contribution in [-0.2, 0) is 0 Å². The lowest BCUT2D eigenvalue weighted by atomic mass is 10.1. The Bertz CT molecular complexity index is 369. The Kier molecular flexibility index (Phi) is 6.49. The highest BCUT2D eigenvalue weighted by molar-refractivity contribution is 5.85. The van der Waals surface area contributed by atoms with Gasteiger partial charge in [0.15, 0.2) is 0 Å². The van der Waals surface area contributed by atoms with E-state index in [0.29, 0.717) is 18.3 Å². The van der Waals surface area contributed by atoms with Crippen LogP contribution in [0, 0.1) is 5.92 Å². The number of rotatable bonds is 4. The van der Waals surface area contributed by atoms with E-state index in [1.54, 1.807) is 6.07 Å². The van der Waals surface area contributed by atoms with Crippen molar-refractivity contribution in [2.75, 3.05) is 6.61 Å². The zero-order valence-electron chi connectivity index (χ0n) is 10.2. The first-order valence-corrected chi connectivity index (χ1v) is 5.35. The molecule has 1 aromatic rings. The highest BCUT2D eigenvalue weighted by Gasteiger charge is 2.37. The van der Waals surface area contributed by atoms with E-state index in [9.17, 15) is 13.2 Å². The van der Waals surface area contributed by atoms with Crippen LogP contribution in [0.15, 0.2) is 24.3 Å². The minimum absolute atomic E-state index is 0. The van der Waals surface area contributed by atoms with E-state index >= 15 is 0 Å². The van der Waals surface area contributed by atoms with Crippen molar-refractivity contribution in [1.29, 1.82) is 0 Å². The largest absolute Gasteiger partial charge is 0.493 e. The smallest absolute Gasteiger partial charge is 0.407 e. The van der Waals surface area contributed by atoms with Crippen molar-refractivity contribution < 1.29 is 17.9 Å². The summed E-state index contributed by atoms with van der Waals surface area (Å²) in [5.74, 6) is 0.728. The van der Waals surface area contributed by atoms with Gasteiger partial charge in [0, 0.05) is 0 Å². The third kappa shape index (κ3) is 5.14. The number of nitrogens with two attached hydrogens (primary N) is 1. The summed E-state index contributed by atoms with van der Waals surface area (Å²) in [5.41, 5.74) is 5.13. The molecule has 0 amide bonds. The lowest BCUT2D eigenvalue weighted by Gasteiger charge is -2.17. The lowest BCUT2D eigenvalue weighted by molar-refractivity contribution is -0.149. The highest BCUT2D eigenvalue weighted by atomic mass is 35.5. The van der Waals surface area contributed by atoms with Crippen LogP contribution in [-0.4, -0.2) is 12.8 Å². The molecule has 0 aromatic heterocycles. The molecule has 1 atom stereocenters. The van der Waals surface area contributed by atoms with Crippen molar-refractivity contribution in [1.82, 2.24) is 0 Å². The fraction of sp³-hybridized carbons (Fsp3) is 0.500. The van der Waals surface area contributed by atoms with E-state index in [2.05, 4.69) is 0 Å². The molecule has 18 heavy (non-hydrogen) atoms. The molecule has 0 aliphatic rings. The Morgan fingerprint density at radius 3 is 2.39 bits per heavy atom. The summed E-state index contributed by atoms with van der Waals surface area (Å²) in [7, 11) is 0. The monoisotopic (exact) mass is 283 g/mol. The van der Waals surface area contributed by atoms with Gasteiger partial charge in [-0.3, -0.25) is 0 Å². The maximum atomic E-state index is 12.4. The second-order valence-corrected chi connectivity index (χ2v) is 4.30. The first-order chi connectivity index (χ1) is 7.80. The number of benzene rings is 1. The predicted molar refractivity (Wildman–Crippen MR) is 67.0 cm³/mol. The molecule has 0 bridgehead atoms. The van der Waals surface area contributed by atoms with Gasteiger partial charge < -0.3 is 10.5 Å². The Labute approximate surface area is 111 Å². The third-order valence-corrected chi connectivity index (χ3v) is 2.15. The fourth-order valence-electron chi connectivity index (χ4n) is 1.25. The molecule has 6 heteroatoms. The maximum absolute atomic E-state index is 12.4. The molecule has 0 aliphatic heterocycles. The summed E-state index contributed by atoms with van der Waals surface area (Å²) in [6, 6.07) is 3.84. The standard InChI is InChI=1S/C12H16F3NO.ClH/c1-8(2)7-17-10-5-3-4-9(6-10)11(16)12(13,14)15;/h3-6,8,11H,7,16H2,1-2H3;1H/t11-;/m0./s1. The average molecular weight is 284 g/mol. The van der Waals surface area contributed by atoms with Gasteiger partial charge in [0.05, 0.1) is 6.61 Å². The first-order valence-electron chi connectivity index (χ1n) is 5.35. The molecule has 1 rings (SSSR count). The number of hydrogen-bond acceptors (Lipinski definition) is 2. The van der Waals surface area contributed by atoms with Crippen LogP contribution in [0.1, 0.15) is 25.5 Å². The summed E-state index contributed by atoms with van der Waals surface area (Å²) in [4.78, 5) is 0. The van der Waals surface area contributed by atoms with Gasteiger partial charge >= 0.3 is 6.18 Å². The molecule has 0 saturated carbocycles. The third-order valence-electron chi connectivity index (χ3n) is 2.15. The summed E-state index contributed by atoms with van der Waals surface area (Å²) in [6.45, 7) is 4.39. The molecule has 0 heterocycles. The number of halogens is 4. The van der Waals surface area contributed by atoms with Gasteiger partial charge in [0.1, 0.15) is 11.8 Å². The van der Waals surface area contributed by atoms with Crippen LogP contribution in [0.3, 0.4) is 0 Å². The van der Waals surface area contributed by atoms with Gasteiger partial charge in [0.2, 0.25) is 0 Å². The molecule has 2 N–H and O–H groups in total. The molecular formula is C12H17ClF3NO. The van der Waals surface area contributed by atoms with Crippen LogP contribution >= 0.6 is 12.4 Å². The van der Waals surface area contributed by atoms with E-state index in [-0.39, 0.29) is 18.0 Å². The SMILES string of the molecule is CC(C)COc1cccc([C@H](N)C(F)(F)F)c1.Cl. The van der Waals surface area contributed by atoms with E-state index in [4.69, 9.17) is 10.5 Å². The Balaban J connectivity index is 0.00000289. The Morgan fingerprint density at radius 1 is 1.28 bits per heavy atom. The zero-order chi connectivity index (χ0) is 13.1. The normalized spacial score (nSPS) is 13.1. The fourth-order valence-corrected chi connectivity index (χ4v) is 1.25. The summed E-state index contributed by atoms with van der Waals surface area (Å²) in [6.07, 6.45) is -4.43. The highest BCUT2D eigenvalue weighted by Crippen LogP contribution is 2.31. The number of alkyl halides is 3. The molecule has 0 aliphatic carbocycles. The molecule has 104 valence electrons. The molecule has 2 nitrogen and oxygen atoms in total. The quantitative estimate of drug-likeness (QED) is 0.914. The summed E-state index contributed by atoms with van der Waals surface area (Å²) in [5, 5.41) is 0. The van der Waals surface area contributed by atoms with Crippen LogP contribution in [0.2, 0.25) is 0 Å². The van der Waals surface area contributed by atoms with Crippen LogP contribution in [0.25, 0.3) is 0 Å². The van der Waals surface area contributed by atoms with Crippen molar-refractivity contribution in [3.05, 3.63) is 29.8 Å². The molecule has 0 radical (unpaired) electrons. The Hall–Kier alpha value is -0.940. The van der Waals surface area contributed by atoms with Crippen molar-refractivity contribution in [2.45, 2.75) is 26.1 Å². The van der Waals surface area contributed by atoms with E-state index in [1.807, 2.05) is 13.8 Å². The molecular weight excluding hydrogens is 267 g/mol. The number of ether oxygens (including phenoxy) is 1. The van der Waals surface area contributed by atoms with E-state index in [0.717, 1.165) is 0 Å². The lowest BCUT2D eigenvalue weighted by Crippen LogP contribution is -2.28. The molecule has 1 aromatic carbocycles. The van der Waals surface area contributed by atoms with Gasteiger partial charge in [0.25, 0.3) is 0 Å². The molecule has 0 unspecified atom stereocenters. The van der Waals surface area contributed by atoms with Crippen molar-refractivity contribution in [3.63, 3.8) is 0 Å². The Morgan fingerprint density at radius 2 is 1.89 bits per heavy atom. The molecule has 0 saturated heterocycles. The second-order valence-electron chi connectivity index (χ2n) is 4.30. The first kappa shape index (κ1) is 17.1. The van der Waals surface area contributed by atoms with Crippen molar-refractivity contribution >= 4 is 12.4 Å². The average Bonchev–Trinajstić information content (AvgIpc) is 2.24. The van der Waals surface area contributed by atoms with Crippen molar-refractivity contribution in [2.24, 2.45) is 11.7 Å². The minimum Gasteiger partial charge on any atom is -0.493 e. The van der Waals surface area contributed by atoms with Crippen molar-refractivity contribution in [3.8, 4) is 5.75 Å².